The van der Waals surface area contributed by atoms with Gasteiger partial charge >= 0.3 is 0 Å². The van der Waals surface area contributed by atoms with E-state index in [1.54, 1.807) is 0 Å². The topological polar surface area (TPSA) is 81.1 Å². The van der Waals surface area contributed by atoms with Crippen LogP contribution in [0.15, 0.2) is 84.0 Å². The maximum absolute atomic E-state index is 13.4. The standard InChI is InChI=1S/C26H25N5O2S/c1-17-11-13-19(14-12-17)23-24(25(32)27-20-8-6-7-18(2)15-20)34-26-29-28-22(31(26)30-23)16-33-21-9-4-3-5-10-21/h3-15,23-24,30H,16H2,1-2H3,(H,27,32)/t23-,24+/m1/s1. The van der Waals surface area contributed by atoms with Gasteiger partial charge in [0.25, 0.3) is 0 Å². The fourth-order valence-electron chi connectivity index (χ4n) is 3.82. The van der Waals surface area contributed by atoms with Crippen LogP contribution >= 0.6 is 11.8 Å². The normalized spacial score (nSPS) is 16.9. The molecular formula is C26H25N5O2S. The summed E-state index contributed by atoms with van der Waals surface area (Å²) in [6.45, 7) is 4.31. The number of amides is 1. The van der Waals surface area contributed by atoms with Crippen molar-refractivity contribution in [3.63, 3.8) is 0 Å². The van der Waals surface area contributed by atoms with Gasteiger partial charge in [-0.2, -0.15) is 0 Å². The molecule has 8 heteroatoms. The first-order valence-corrected chi connectivity index (χ1v) is 11.9. The van der Waals surface area contributed by atoms with Crippen LogP contribution in [0, 0.1) is 13.8 Å². The first-order valence-electron chi connectivity index (χ1n) is 11.1. The van der Waals surface area contributed by atoms with E-state index < -0.39 is 5.25 Å². The van der Waals surface area contributed by atoms with Gasteiger partial charge in [-0.05, 0) is 49.2 Å². The summed E-state index contributed by atoms with van der Waals surface area (Å²) in [4.78, 5) is 13.4. The lowest BCUT2D eigenvalue weighted by molar-refractivity contribution is -0.116. The van der Waals surface area contributed by atoms with Crippen LogP contribution in [-0.4, -0.2) is 26.0 Å². The van der Waals surface area contributed by atoms with Gasteiger partial charge < -0.3 is 15.5 Å². The zero-order valence-electron chi connectivity index (χ0n) is 18.9. The van der Waals surface area contributed by atoms with Gasteiger partial charge in [-0.3, -0.25) is 4.79 Å². The quantitative estimate of drug-likeness (QED) is 0.418. The molecule has 0 spiro atoms. The maximum atomic E-state index is 13.4. The Labute approximate surface area is 202 Å². The van der Waals surface area contributed by atoms with Crippen molar-refractivity contribution in [3.8, 4) is 5.75 Å². The molecule has 3 aromatic carbocycles. The third-order valence-electron chi connectivity index (χ3n) is 5.60. The predicted octanol–water partition coefficient (Wildman–Crippen LogP) is 4.87. The summed E-state index contributed by atoms with van der Waals surface area (Å²) >= 11 is 1.40. The summed E-state index contributed by atoms with van der Waals surface area (Å²) in [6.07, 6.45) is 0. The third kappa shape index (κ3) is 4.77. The number of hydrogen-bond acceptors (Lipinski definition) is 6. The zero-order valence-corrected chi connectivity index (χ0v) is 19.8. The molecule has 0 fully saturated rings. The first-order chi connectivity index (χ1) is 16.6. The van der Waals surface area contributed by atoms with Crippen LogP contribution in [0.25, 0.3) is 0 Å². The van der Waals surface area contributed by atoms with E-state index in [0.29, 0.717) is 11.0 Å². The van der Waals surface area contributed by atoms with Gasteiger partial charge in [0.2, 0.25) is 11.1 Å². The van der Waals surface area contributed by atoms with E-state index >= 15 is 0 Å². The molecule has 2 N–H and O–H groups in total. The minimum atomic E-state index is -0.442. The number of carbonyl (C=O) groups is 1. The molecule has 0 bridgehead atoms. The molecule has 1 aliphatic rings. The largest absolute Gasteiger partial charge is 0.486 e. The molecule has 1 amide bonds. The van der Waals surface area contributed by atoms with E-state index in [9.17, 15) is 4.79 Å². The molecule has 0 unspecified atom stereocenters. The summed E-state index contributed by atoms with van der Waals surface area (Å²) in [5.74, 6) is 1.31. The number of carbonyl (C=O) groups excluding carboxylic acids is 1. The van der Waals surface area contributed by atoms with E-state index in [2.05, 4.69) is 45.2 Å². The minimum Gasteiger partial charge on any atom is -0.486 e. The van der Waals surface area contributed by atoms with Crippen molar-refractivity contribution < 1.29 is 9.53 Å². The molecule has 0 saturated heterocycles. The summed E-state index contributed by atoms with van der Waals surface area (Å²) in [5.41, 5.74) is 7.51. The Morgan fingerprint density at radius 1 is 1.00 bits per heavy atom. The summed E-state index contributed by atoms with van der Waals surface area (Å²) in [6, 6.07) is 25.3. The van der Waals surface area contributed by atoms with Crippen LogP contribution in [0.1, 0.15) is 28.6 Å². The highest BCUT2D eigenvalue weighted by Gasteiger charge is 2.38. The molecule has 5 rings (SSSR count). The number of benzene rings is 3. The molecule has 7 nitrogen and oxygen atoms in total. The number of fused-ring (bicyclic) bond motifs is 1. The number of aryl methyl sites for hydroxylation is 2. The van der Waals surface area contributed by atoms with Crippen molar-refractivity contribution in [1.82, 2.24) is 14.9 Å². The lowest BCUT2D eigenvalue weighted by atomic mass is 10.0. The average Bonchev–Trinajstić information content (AvgIpc) is 3.25. The van der Waals surface area contributed by atoms with Crippen LogP contribution in [0.4, 0.5) is 5.69 Å². The first kappa shape index (κ1) is 22.0. The molecular weight excluding hydrogens is 446 g/mol. The fraction of sp³-hybridized carbons (Fsp3) is 0.192. The lowest BCUT2D eigenvalue weighted by Crippen LogP contribution is -2.41. The van der Waals surface area contributed by atoms with Crippen molar-refractivity contribution in [3.05, 3.63) is 101 Å². The highest BCUT2D eigenvalue weighted by Crippen LogP contribution is 2.37. The van der Waals surface area contributed by atoms with Crippen molar-refractivity contribution >= 4 is 23.4 Å². The van der Waals surface area contributed by atoms with Crippen molar-refractivity contribution in [2.45, 2.75) is 36.9 Å². The molecule has 1 aliphatic heterocycles. The Hall–Kier alpha value is -3.78. The number of para-hydroxylation sites is 1. The second kappa shape index (κ2) is 9.61. The van der Waals surface area contributed by atoms with Crippen LogP contribution < -0.4 is 15.5 Å². The second-order valence-electron chi connectivity index (χ2n) is 8.25. The molecule has 0 radical (unpaired) electrons. The highest BCUT2D eigenvalue weighted by atomic mass is 32.2. The SMILES string of the molecule is Cc1ccc([C@H]2Nn3c(COc4ccccc4)nnc3S[C@@H]2C(=O)Nc2cccc(C)c2)cc1. The smallest absolute Gasteiger partial charge is 0.240 e. The Morgan fingerprint density at radius 2 is 1.79 bits per heavy atom. The number of nitrogens with zero attached hydrogens (tertiary/aromatic N) is 3. The number of hydrogen-bond donors (Lipinski definition) is 2. The average molecular weight is 472 g/mol. The Morgan fingerprint density at radius 3 is 2.56 bits per heavy atom. The van der Waals surface area contributed by atoms with Crippen molar-refractivity contribution in [2.24, 2.45) is 0 Å². The summed E-state index contributed by atoms with van der Waals surface area (Å²) in [5, 5.41) is 11.9. The van der Waals surface area contributed by atoms with Gasteiger partial charge in [0.1, 0.15) is 17.6 Å². The van der Waals surface area contributed by atoms with Gasteiger partial charge in [0, 0.05) is 5.69 Å². The van der Waals surface area contributed by atoms with Crippen LogP contribution in [-0.2, 0) is 11.4 Å². The van der Waals surface area contributed by atoms with E-state index in [0.717, 1.165) is 28.1 Å². The minimum absolute atomic E-state index is 0.0926. The molecule has 4 aromatic rings. The van der Waals surface area contributed by atoms with Gasteiger partial charge in [0.05, 0.1) is 6.04 Å². The third-order valence-corrected chi connectivity index (χ3v) is 6.81. The number of aromatic nitrogens is 3. The van der Waals surface area contributed by atoms with E-state index in [4.69, 9.17) is 4.74 Å². The summed E-state index contributed by atoms with van der Waals surface area (Å²) in [7, 11) is 0. The molecule has 0 aliphatic carbocycles. The van der Waals surface area contributed by atoms with Gasteiger partial charge in [-0.1, -0.05) is 71.9 Å². The number of thioether (sulfide) groups is 1. The fourth-order valence-corrected chi connectivity index (χ4v) is 4.92. The van der Waals surface area contributed by atoms with Gasteiger partial charge in [-0.25, -0.2) is 4.68 Å². The monoisotopic (exact) mass is 471 g/mol. The van der Waals surface area contributed by atoms with Crippen molar-refractivity contribution in [2.75, 3.05) is 10.7 Å². The van der Waals surface area contributed by atoms with Crippen molar-refractivity contribution in [1.29, 1.82) is 0 Å². The second-order valence-corrected chi connectivity index (χ2v) is 9.36. The molecule has 172 valence electrons. The van der Waals surface area contributed by atoms with Crippen LogP contribution in [0.2, 0.25) is 0 Å². The molecule has 1 aromatic heterocycles. The lowest BCUT2D eigenvalue weighted by Gasteiger charge is -2.33. The van der Waals surface area contributed by atoms with Gasteiger partial charge in [-0.15, -0.1) is 10.2 Å². The molecule has 0 saturated carbocycles. The number of rotatable bonds is 6. The zero-order chi connectivity index (χ0) is 23.5. The molecule has 34 heavy (non-hydrogen) atoms. The Kier molecular flexibility index (Phi) is 6.22. The predicted molar refractivity (Wildman–Crippen MR) is 134 cm³/mol. The Balaban J connectivity index is 1.42. The van der Waals surface area contributed by atoms with Crippen LogP contribution in [0.5, 0.6) is 5.75 Å². The molecule has 2 heterocycles. The number of nitrogens with one attached hydrogen (secondary N) is 2. The van der Waals surface area contributed by atoms with E-state index in [1.165, 1.54) is 11.8 Å². The number of anilines is 1. The van der Waals surface area contributed by atoms with Gasteiger partial charge in [0.15, 0.2) is 5.82 Å². The number of ether oxygens (including phenoxy) is 1. The maximum Gasteiger partial charge on any atom is 0.240 e. The van der Waals surface area contributed by atoms with E-state index in [1.807, 2.05) is 73.1 Å². The van der Waals surface area contributed by atoms with Crippen LogP contribution in [0.3, 0.4) is 0 Å². The highest BCUT2D eigenvalue weighted by molar-refractivity contribution is 8.00. The Bertz CT molecular complexity index is 1290. The summed E-state index contributed by atoms with van der Waals surface area (Å²) < 4.78 is 7.71. The van der Waals surface area contributed by atoms with E-state index in [-0.39, 0.29) is 18.6 Å². The molecule has 2 atom stereocenters.